The van der Waals surface area contributed by atoms with Gasteiger partial charge >= 0.3 is 0 Å². The lowest BCUT2D eigenvalue weighted by molar-refractivity contribution is -0.122. The summed E-state index contributed by atoms with van der Waals surface area (Å²) in [5.74, 6) is 0.650. The van der Waals surface area contributed by atoms with Crippen molar-refractivity contribution in [2.75, 3.05) is 12.4 Å². The van der Waals surface area contributed by atoms with Crippen LogP contribution in [0.1, 0.15) is 24.7 Å². The Labute approximate surface area is 162 Å². The van der Waals surface area contributed by atoms with Crippen LogP contribution in [0.5, 0.6) is 0 Å². The summed E-state index contributed by atoms with van der Waals surface area (Å²) in [6.07, 6.45) is 3.05. The van der Waals surface area contributed by atoms with Crippen molar-refractivity contribution in [1.82, 2.24) is 14.5 Å². The van der Waals surface area contributed by atoms with Gasteiger partial charge in [0.15, 0.2) is 0 Å². The molecule has 2 heterocycles. The zero-order valence-electron chi connectivity index (χ0n) is 14.5. The average molecular weight is 395 g/mol. The lowest BCUT2D eigenvalue weighted by Crippen LogP contribution is -2.30. The fourth-order valence-corrected chi connectivity index (χ4v) is 3.29. The second-order valence-electron chi connectivity index (χ2n) is 6.05. The van der Waals surface area contributed by atoms with Crippen molar-refractivity contribution in [3.63, 3.8) is 0 Å². The van der Waals surface area contributed by atoms with Crippen molar-refractivity contribution < 1.29 is 9.53 Å². The molecule has 3 rings (SSSR count). The number of aromatic nitrogens is 2. The van der Waals surface area contributed by atoms with Crippen LogP contribution in [-0.2, 0) is 9.53 Å². The summed E-state index contributed by atoms with van der Waals surface area (Å²) in [5, 5.41) is 0.628. The van der Waals surface area contributed by atoms with Crippen molar-refractivity contribution in [2.24, 2.45) is 11.7 Å². The van der Waals surface area contributed by atoms with Crippen LogP contribution in [0.4, 0.5) is 0 Å². The van der Waals surface area contributed by atoms with E-state index in [-0.39, 0.29) is 0 Å². The molecule has 0 saturated heterocycles. The highest BCUT2D eigenvalue weighted by Gasteiger charge is 2.39. The average Bonchev–Trinajstić information content (AvgIpc) is 3.19. The number of nitrogens with zero attached hydrogens (tertiary/aromatic N) is 3. The van der Waals surface area contributed by atoms with Crippen LogP contribution < -0.4 is 5.73 Å². The van der Waals surface area contributed by atoms with Gasteiger partial charge in [-0.25, -0.2) is 4.98 Å². The SMILES string of the molecule is Cc1nccn1C1OC(C(C)C(N)=O)=C(c2ccc(Cl)cc2)N1CCCl. The molecule has 8 heteroatoms. The van der Waals surface area contributed by atoms with Crippen molar-refractivity contribution >= 4 is 34.8 Å². The highest BCUT2D eigenvalue weighted by Crippen LogP contribution is 2.42. The van der Waals surface area contributed by atoms with Gasteiger partial charge in [0, 0.05) is 35.4 Å². The van der Waals surface area contributed by atoms with Gasteiger partial charge < -0.3 is 15.4 Å². The minimum absolute atomic E-state index is 0.392. The van der Waals surface area contributed by atoms with E-state index in [9.17, 15) is 4.79 Å². The van der Waals surface area contributed by atoms with Crippen LogP contribution in [-0.4, -0.2) is 32.8 Å². The number of hydrogen-bond donors (Lipinski definition) is 1. The van der Waals surface area contributed by atoms with Crippen LogP contribution in [0.25, 0.3) is 5.70 Å². The summed E-state index contributed by atoms with van der Waals surface area (Å²) < 4.78 is 8.10. The van der Waals surface area contributed by atoms with Gasteiger partial charge in [-0.15, -0.1) is 11.6 Å². The van der Waals surface area contributed by atoms with E-state index >= 15 is 0 Å². The summed E-state index contributed by atoms with van der Waals surface area (Å²) in [6.45, 7) is 4.14. The van der Waals surface area contributed by atoms with Gasteiger partial charge in [-0.1, -0.05) is 23.7 Å². The lowest BCUT2D eigenvalue weighted by atomic mass is 10.0. The second kappa shape index (κ2) is 7.60. The van der Waals surface area contributed by atoms with E-state index in [1.165, 1.54) is 0 Å². The van der Waals surface area contributed by atoms with Gasteiger partial charge in [-0.05, 0) is 26.0 Å². The molecule has 2 unspecified atom stereocenters. The number of hydrogen-bond acceptors (Lipinski definition) is 4. The molecule has 0 radical (unpaired) electrons. The third-order valence-electron chi connectivity index (χ3n) is 4.38. The van der Waals surface area contributed by atoms with Crippen molar-refractivity contribution in [3.05, 3.63) is 58.8 Å². The highest BCUT2D eigenvalue weighted by atomic mass is 35.5. The first-order valence-corrected chi connectivity index (χ1v) is 9.13. The van der Waals surface area contributed by atoms with E-state index in [1.807, 2.05) is 34.7 Å². The molecule has 0 saturated carbocycles. The summed E-state index contributed by atoms with van der Waals surface area (Å²) in [6, 6.07) is 7.37. The Balaban J connectivity index is 2.13. The first-order valence-electron chi connectivity index (χ1n) is 8.22. The van der Waals surface area contributed by atoms with Crippen LogP contribution in [0, 0.1) is 12.8 Å². The fraction of sp³-hybridized carbons (Fsp3) is 0.333. The topological polar surface area (TPSA) is 73.4 Å². The molecule has 2 aromatic rings. The van der Waals surface area contributed by atoms with E-state index in [2.05, 4.69) is 4.98 Å². The molecule has 1 amide bonds. The van der Waals surface area contributed by atoms with Crippen molar-refractivity contribution in [3.8, 4) is 0 Å². The third kappa shape index (κ3) is 3.39. The maximum absolute atomic E-state index is 11.9. The number of rotatable bonds is 6. The molecular weight excluding hydrogens is 375 g/mol. The fourth-order valence-electron chi connectivity index (χ4n) is 2.98. The monoisotopic (exact) mass is 394 g/mol. The van der Waals surface area contributed by atoms with Crippen LogP contribution in [0.15, 0.2) is 42.4 Å². The number of imidazole rings is 1. The standard InChI is InChI=1S/C18H20Cl2N4O2/c1-11(17(21)25)16-15(13-3-5-14(20)6-4-13)24(9-7-19)18(26-16)23-10-8-22-12(23)2/h3-6,8,10-11,18H,7,9H2,1-2H3,(H2,21,25). The van der Waals surface area contributed by atoms with E-state index in [4.69, 9.17) is 33.7 Å². The van der Waals surface area contributed by atoms with Crippen molar-refractivity contribution in [1.29, 1.82) is 0 Å². The van der Waals surface area contributed by atoms with Crippen molar-refractivity contribution in [2.45, 2.75) is 20.2 Å². The van der Waals surface area contributed by atoms with Crippen LogP contribution >= 0.6 is 23.2 Å². The minimum atomic E-state index is -0.590. The Bertz CT molecular complexity index is 832. The van der Waals surface area contributed by atoms with E-state index in [0.717, 1.165) is 17.1 Å². The second-order valence-corrected chi connectivity index (χ2v) is 6.87. The number of alkyl halides is 1. The molecule has 2 N–H and O–H groups in total. The molecule has 1 aromatic heterocycles. The number of benzene rings is 1. The largest absolute Gasteiger partial charge is 0.453 e. The molecule has 1 aromatic carbocycles. The molecule has 0 spiro atoms. The molecule has 26 heavy (non-hydrogen) atoms. The lowest BCUT2D eigenvalue weighted by Gasteiger charge is -2.28. The van der Waals surface area contributed by atoms with Gasteiger partial charge in [0.1, 0.15) is 11.6 Å². The number of amides is 1. The summed E-state index contributed by atoms with van der Waals surface area (Å²) in [4.78, 5) is 18.1. The summed E-state index contributed by atoms with van der Waals surface area (Å²) >= 11 is 12.1. The highest BCUT2D eigenvalue weighted by molar-refractivity contribution is 6.30. The Morgan fingerprint density at radius 2 is 2.08 bits per heavy atom. The molecule has 6 nitrogen and oxygen atoms in total. The van der Waals surface area contributed by atoms with Gasteiger partial charge in [-0.2, -0.15) is 0 Å². The molecule has 138 valence electrons. The van der Waals surface area contributed by atoms with E-state index in [1.54, 1.807) is 25.3 Å². The molecule has 1 aliphatic heterocycles. The normalized spacial score (nSPS) is 18.2. The number of ether oxygens (including phenoxy) is 1. The smallest absolute Gasteiger partial charge is 0.258 e. The first kappa shape index (κ1) is 18.6. The molecule has 0 aliphatic carbocycles. The molecule has 1 aliphatic rings. The Morgan fingerprint density at radius 3 is 2.62 bits per heavy atom. The number of halogens is 2. The van der Waals surface area contributed by atoms with Gasteiger partial charge in [-0.3, -0.25) is 9.36 Å². The predicted molar refractivity (Wildman–Crippen MR) is 101 cm³/mol. The van der Waals surface area contributed by atoms with Gasteiger partial charge in [0.2, 0.25) is 5.91 Å². The molecule has 0 fully saturated rings. The Hall–Kier alpha value is -2.18. The van der Waals surface area contributed by atoms with E-state index in [0.29, 0.717) is 23.2 Å². The van der Waals surface area contributed by atoms with Gasteiger partial charge in [0.25, 0.3) is 6.35 Å². The third-order valence-corrected chi connectivity index (χ3v) is 4.80. The molecule has 2 atom stereocenters. The van der Waals surface area contributed by atoms with E-state index < -0.39 is 18.2 Å². The Morgan fingerprint density at radius 1 is 1.38 bits per heavy atom. The molecule has 0 bridgehead atoms. The van der Waals surface area contributed by atoms with Crippen LogP contribution in [0.2, 0.25) is 5.02 Å². The predicted octanol–water partition coefficient (Wildman–Crippen LogP) is 3.36. The maximum atomic E-state index is 11.9. The zero-order chi connectivity index (χ0) is 18.8. The quantitative estimate of drug-likeness (QED) is 0.762. The number of carbonyl (C=O) groups is 1. The zero-order valence-corrected chi connectivity index (χ0v) is 16.0. The Kier molecular flexibility index (Phi) is 5.44. The maximum Gasteiger partial charge on any atom is 0.258 e. The number of carbonyl (C=O) groups excluding carboxylic acids is 1. The first-order chi connectivity index (χ1) is 12.4. The summed E-state index contributed by atoms with van der Waals surface area (Å²) in [5.41, 5.74) is 7.22. The number of nitrogens with two attached hydrogens (primary N) is 1. The minimum Gasteiger partial charge on any atom is -0.453 e. The summed E-state index contributed by atoms with van der Waals surface area (Å²) in [7, 11) is 0. The van der Waals surface area contributed by atoms with Crippen LogP contribution in [0.3, 0.4) is 0 Å². The molecular formula is C18H20Cl2N4O2. The van der Waals surface area contributed by atoms with Gasteiger partial charge in [0.05, 0.1) is 11.6 Å². The number of aryl methyl sites for hydroxylation is 1. The number of primary amides is 1.